The molecule has 0 fully saturated rings. The summed E-state index contributed by atoms with van der Waals surface area (Å²) in [5.41, 5.74) is 6.95. The number of hydrogen-bond acceptors (Lipinski definition) is 5. The van der Waals surface area contributed by atoms with Crippen LogP contribution in [0.1, 0.15) is 26.3 Å². The van der Waals surface area contributed by atoms with Crippen molar-refractivity contribution in [1.29, 1.82) is 0 Å². The Hall–Kier alpha value is -2.34. The molecule has 0 radical (unpaired) electrons. The standard InChI is InChI=1S/C16H20N2O4/c1-16(2,3)22-15(20)21-14(19)12(17)8-10-9-18-13-7-5-4-6-11(10)13/h4-7,9,12,18H,8,17H2,1-3H3/t12-/m0/s1. The fourth-order valence-electron chi connectivity index (χ4n) is 2.05. The molecule has 0 saturated carbocycles. The molecule has 0 aliphatic heterocycles. The highest BCUT2D eigenvalue weighted by Gasteiger charge is 2.24. The lowest BCUT2D eigenvalue weighted by atomic mass is 10.1. The molecule has 2 rings (SSSR count). The number of aromatic nitrogens is 1. The van der Waals surface area contributed by atoms with Crippen molar-refractivity contribution >= 4 is 23.0 Å². The average Bonchev–Trinajstić information content (AvgIpc) is 2.80. The van der Waals surface area contributed by atoms with Crippen LogP contribution in [0.2, 0.25) is 0 Å². The largest absolute Gasteiger partial charge is 0.516 e. The summed E-state index contributed by atoms with van der Waals surface area (Å²) in [7, 11) is 0. The van der Waals surface area contributed by atoms with Gasteiger partial charge in [0, 0.05) is 23.5 Å². The van der Waals surface area contributed by atoms with E-state index in [0.29, 0.717) is 0 Å². The first-order valence-electron chi connectivity index (χ1n) is 7.01. The molecule has 0 saturated heterocycles. The van der Waals surface area contributed by atoms with Gasteiger partial charge in [-0.25, -0.2) is 9.59 Å². The lowest BCUT2D eigenvalue weighted by Gasteiger charge is -2.19. The molecule has 0 spiro atoms. The van der Waals surface area contributed by atoms with Gasteiger partial charge in [0.1, 0.15) is 11.6 Å². The lowest BCUT2D eigenvalue weighted by Crippen LogP contribution is -2.37. The maximum atomic E-state index is 11.8. The molecule has 1 heterocycles. The molecule has 0 aliphatic rings. The van der Waals surface area contributed by atoms with E-state index in [9.17, 15) is 9.59 Å². The van der Waals surface area contributed by atoms with Gasteiger partial charge in [-0.2, -0.15) is 0 Å². The summed E-state index contributed by atoms with van der Waals surface area (Å²) in [4.78, 5) is 26.4. The van der Waals surface area contributed by atoms with E-state index in [1.807, 2.05) is 24.3 Å². The number of nitrogens with two attached hydrogens (primary N) is 1. The predicted octanol–water partition coefficient (Wildman–Crippen LogP) is 2.52. The summed E-state index contributed by atoms with van der Waals surface area (Å²) in [5.74, 6) is -0.806. The molecule has 2 aromatic rings. The second-order valence-electron chi connectivity index (χ2n) is 6.06. The zero-order chi connectivity index (χ0) is 16.3. The van der Waals surface area contributed by atoms with Gasteiger partial charge in [-0.15, -0.1) is 0 Å². The van der Waals surface area contributed by atoms with Crippen LogP contribution in [-0.4, -0.2) is 28.8 Å². The Morgan fingerprint density at radius 1 is 1.27 bits per heavy atom. The predicted molar refractivity (Wildman–Crippen MR) is 82.3 cm³/mol. The van der Waals surface area contributed by atoms with Gasteiger partial charge in [-0.05, 0) is 32.4 Å². The Balaban J connectivity index is 1.98. The van der Waals surface area contributed by atoms with Gasteiger partial charge < -0.3 is 20.2 Å². The molecule has 3 N–H and O–H groups in total. The van der Waals surface area contributed by atoms with Crippen LogP contribution in [0.25, 0.3) is 10.9 Å². The molecule has 0 aliphatic carbocycles. The Labute approximate surface area is 128 Å². The summed E-state index contributed by atoms with van der Waals surface area (Å²) < 4.78 is 9.53. The third kappa shape index (κ3) is 4.08. The molecule has 0 amide bonds. The number of H-pyrrole nitrogens is 1. The number of aromatic amines is 1. The minimum absolute atomic E-state index is 0.269. The third-order valence-corrected chi connectivity index (χ3v) is 2.99. The summed E-state index contributed by atoms with van der Waals surface area (Å²) in [6.07, 6.45) is 1.03. The number of ether oxygens (including phenoxy) is 2. The van der Waals surface area contributed by atoms with Gasteiger partial charge in [0.25, 0.3) is 0 Å². The summed E-state index contributed by atoms with van der Waals surface area (Å²) in [5, 5.41) is 0.989. The van der Waals surface area contributed by atoms with Crippen molar-refractivity contribution in [2.75, 3.05) is 0 Å². The van der Waals surface area contributed by atoms with E-state index in [1.54, 1.807) is 27.0 Å². The number of carbonyl (C=O) groups is 2. The van der Waals surface area contributed by atoms with E-state index in [4.69, 9.17) is 10.5 Å². The topological polar surface area (TPSA) is 94.4 Å². The van der Waals surface area contributed by atoms with E-state index in [0.717, 1.165) is 16.5 Å². The number of para-hydroxylation sites is 1. The SMILES string of the molecule is CC(C)(C)OC(=O)OC(=O)[C@@H](N)Cc1c[nH]c2ccccc12. The van der Waals surface area contributed by atoms with Gasteiger partial charge >= 0.3 is 12.1 Å². The number of esters is 1. The molecule has 118 valence electrons. The molecule has 1 aromatic carbocycles. The second-order valence-corrected chi connectivity index (χ2v) is 6.06. The van der Waals surface area contributed by atoms with Crippen molar-refractivity contribution in [3.8, 4) is 0 Å². The van der Waals surface area contributed by atoms with Crippen LogP contribution in [0.5, 0.6) is 0 Å². The molecular weight excluding hydrogens is 284 g/mol. The maximum absolute atomic E-state index is 11.8. The first-order valence-corrected chi connectivity index (χ1v) is 7.01. The van der Waals surface area contributed by atoms with Crippen molar-refractivity contribution in [3.05, 3.63) is 36.0 Å². The molecule has 6 heteroatoms. The quantitative estimate of drug-likeness (QED) is 0.671. The number of rotatable bonds is 3. The average molecular weight is 304 g/mol. The van der Waals surface area contributed by atoms with Crippen LogP contribution < -0.4 is 5.73 Å². The first-order chi connectivity index (χ1) is 10.3. The smallest absolute Gasteiger partial charge is 0.428 e. The van der Waals surface area contributed by atoms with E-state index in [1.165, 1.54) is 0 Å². The molecule has 0 bridgehead atoms. The van der Waals surface area contributed by atoms with Crippen LogP contribution in [0.3, 0.4) is 0 Å². The molecule has 1 atom stereocenters. The molecule has 22 heavy (non-hydrogen) atoms. The highest BCUT2D eigenvalue weighted by Crippen LogP contribution is 2.19. The highest BCUT2D eigenvalue weighted by atomic mass is 16.7. The van der Waals surface area contributed by atoms with E-state index in [-0.39, 0.29) is 6.42 Å². The summed E-state index contributed by atoms with van der Waals surface area (Å²) in [6, 6.07) is 6.76. The molecule has 6 nitrogen and oxygen atoms in total. The molecular formula is C16H20N2O4. The number of nitrogens with one attached hydrogen (secondary N) is 1. The van der Waals surface area contributed by atoms with Gasteiger partial charge in [0.15, 0.2) is 0 Å². The maximum Gasteiger partial charge on any atom is 0.516 e. The van der Waals surface area contributed by atoms with Crippen molar-refractivity contribution in [2.24, 2.45) is 5.73 Å². The van der Waals surface area contributed by atoms with Crippen molar-refractivity contribution in [1.82, 2.24) is 4.98 Å². The van der Waals surface area contributed by atoms with Gasteiger partial charge in [0.2, 0.25) is 0 Å². The lowest BCUT2D eigenvalue weighted by molar-refractivity contribution is -0.142. The van der Waals surface area contributed by atoms with Crippen LogP contribution in [-0.2, 0) is 20.7 Å². The van der Waals surface area contributed by atoms with E-state index in [2.05, 4.69) is 9.72 Å². The van der Waals surface area contributed by atoms with Crippen molar-refractivity contribution < 1.29 is 19.1 Å². The van der Waals surface area contributed by atoms with Crippen LogP contribution in [0.15, 0.2) is 30.5 Å². The van der Waals surface area contributed by atoms with E-state index < -0.39 is 23.8 Å². The molecule has 0 unspecified atom stereocenters. The number of carbonyl (C=O) groups excluding carboxylic acids is 2. The van der Waals surface area contributed by atoms with Crippen LogP contribution >= 0.6 is 0 Å². The summed E-state index contributed by atoms with van der Waals surface area (Å²) in [6.45, 7) is 5.06. The Bertz CT molecular complexity index is 685. The normalized spacial score (nSPS) is 12.9. The molecule has 1 aromatic heterocycles. The minimum atomic E-state index is -1.04. The van der Waals surface area contributed by atoms with Crippen LogP contribution in [0.4, 0.5) is 4.79 Å². The van der Waals surface area contributed by atoms with E-state index >= 15 is 0 Å². The number of fused-ring (bicyclic) bond motifs is 1. The van der Waals surface area contributed by atoms with Gasteiger partial charge in [0.05, 0.1) is 0 Å². The Morgan fingerprint density at radius 2 is 1.95 bits per heavy atom. The highest BCUT2D eigenvalue weighted by molar-refractivity contribution is 5.87. The van der Waals surface area contributed by atoms with Crippen molar-refractivity contribution in [2.45, 2.75) is 38.8 Å². The third-order valence-electron chi connectivity index (χ3n) is 2.99. The minimum Gasteiger partial charge on any atom is -0.428 e. The fraction of sp³-hybridized carbons (Fsp3) is 0.375. The van der Waals surface area contributed by atoms with Gasteiger partial charge in [-0.1, -0.05) is 18.2 Å². The van der Waals surface area contributed by atoms with Gasteiger partial charge in [-0.3, -0.25) is 0 Å². The number of hydrogen-bond donors (Lipinski definition) is 2. The Kier molecular flexibility index (Phi) is 4.51. The first kappa shape index (κ1) is 16.0. The second kappa shape index (κ2) is 6.19. The van der Waals surface area contributed by atoms with Crippen molar-refractivity contribution in [3.63, 3.8) is 0 Å². The zero-order valence-corrected chi connectivity index (χ0v) is 12.9. The Morgan fingerprint density at radius 3 is 2.64 bits per heavy atom. The number of benzene rings is 1. The monoisotopic (exact) mass is 304 g/mol. The fourth-order valence-corrected chi connectivity index (χ4v) is 2.05. The zero-order valence-electron chi connectivity index (χ0n) is 12.9. The summed E-state index contributed by atoms with van der Waals surface area (Å²) >= 11 is 0. The van der Waals surface area contributed by atoms with Crippen LogP contribution in [0, 0.1) is 0 Å².